The lowest BCUT2D eigenvalue weighted by molar-refractivity contribution is -0.385. The minimum absolute atomic E-state index is 0.123. The highest BCUT2D eigenvalue weighted by Crippen LogP contribution is 2.35. The molecule has 7 heteroatoms. The van der Waals surface area contributed by atoms with Crippen LogP contribution in [0.5, 0.6) is 5.75 Å². The lowest BCUT2D eigenvalue weighted by Gasteiger charge is -2.02. The molecule has 0 unspecified atom stereocenters. The molecule has 0 aliphatic rings. The third kappa shape index (κ3) is 2.72. The maximum absolute atomic E-state index is 11.2. The fourth-order valence-corrected chi connectivity index (χ4v) is 3.75. The molecule has 2 heterocycles. The first kappa shape index (κ1) is 16.3. The summed E-state index contributed by atoms with van der Waals surface area (Å²) in [6.07, 6.45) is 0. The van der Waals surface area contributed by atoms with Gasteiger partial charge in [-0.3, -0.25) is 10.1 Å². The standard InChI is InChI=1S/C19H14N2O4S/c1-11-7-8-26-18(11)12-3-5-16-14(9-12)20-19(25-16)13-4-6-17(24-2)15(10-13)21(22)23/h3-10H,1-2H3. The quantitative estimate of drug-likeness (QED) is 0.354. The monoisotopic (exact) mass is 366 g/mol. The molecule has 130 valence electrons. The number of nitro groups is 1. The number of nitrogens with zero attached hydrogens (tertiary/aromatic N) is 2. The van der Waals surface area contributed by atoms with E-state index in [4.69, 9.17) is 9.15 Å². The van der Waals surface area contributed by atoms with Crippen LogP contribution >= 0.6 is 11.3 Å². The molecule has 0 radical (unpaired) electrons. The predicted octanol–water partition coefficient (Wildman–Crippen LogP) is 5.45. The SMILES string of the molecule is COc1ccc(-c2nc3cc(-c4sccc4C)ccc3o2)cc1[N+](=O)[O-]. The zero-order valence-electron chi connectivity index (χ0n) is 14.1. The first-order valence-electron chi connectivity index (χ1n) is 7.84. The van der Waals surface area contributed by atoms with E-state index in [0.717, 1.165) is 5.56 Å². The molecule has 0 N–H and O–H groups in total. The van der Waals surface area contributed by atoms with Crippen LogP contribution in [0.1, 0.15) is 5.56 Å². The Balaban J connectivity index is 1.80. The van der Waals surface area contributed by atoms with Crippen LogP contribution in [0, 0.1) is 17.0 Å². The highest BCUT2D eigenvalue weighted by molar-refractivity contribution is 7.13. The lowest BCUT2D eigenvalue weighted by Crippen LogP contribution is -1.94. The molecule has 0 bridgehead atoms. The topological polar surface area (TPSA) is 78.4 Å². The molecule has 2 aromatic heterocycles. The molecule has 0 spiro atoms. The summed E-state index contributed by atoms with van der Waals surface area (Å²) in [6, 6.07) is 12.6. The second-order valence-electron chi connectivity index (χ2n) is 5.78. The van der Waals surface area contributed by atoms with Crippen molar-refractivity contribution in [1.82, 2.24) is 4.98 Å². The van der Waals surface area contributed by atoms with E-state index < -0.39 is 4.92 Å². The fraction of sp³-hybridized carbons (Fsp3) is 0.105. The van der Waals surface area contributed by atoms with Gasteiger partial charge in [-0.1, -0.05) is 0 Å². The van der Waals surface area contributed by atoms with Gasteiger partial charge >= 0.3 is 5.69 Å². The molecule has 0 saturated carbocycles. The number of fused-ring (bicyclic) bond motifs is 1. The van der Waals surface area contributed by atoms with Crippen molar-refractivity contribution in [1.29, 1.82) is 0 Å². The Bertz CT molecular complexity index is 1130. The third-order valence-corrected chi connectivity index (χ3v) is 5.20. The van der Waals surface area contributed by atoms with Gasteiger partial charge in [0, 0.05) is 16.5 Å². The number of methoxy groups -OCH3 is 1. The van der Waals surface area contributed by atoms with Crippen LogP contribution in [0.4, 0.5) is 5.69 Å². The second-order valence-corrected chi connectivity index (χ2v) is 6.69. The summed E-state index contributed by atoms with van der Waals surface area (Å²) in [4.78, 5) is 16.4. The first-order valence-corrected chi connectivity index (χ1v) is 8.72. The van der Waals surface area contributed by atoms with Crippen molar-refractivity contribution >= 4 is 28.1 Å². The van der Waals surface area contributed by atoms with E-state index in [0.29, 0.717) is 22.6 Å². The van der Waals surface area contributed by atoms with Crippen molar-refractivity contribution in [3.63, 3.8) is 0 Å². The molecular weight excluding hydrogens is 352 g/mol. The van der Waals surface area contributed by atoms with E-state index in [2.05, 4.69) is 23.4 Å². The van der Waals surface area contributed by atoms with Gasteiger partial charge in [0.05, 0.1) is 12.0 Å². The number of thiophene rings is 1. The summed E-state index contributed by atoms with van der Waals surface area (Å²) in [6.45, 7) is 2.07. The van der Waals surface area contributed by atoms with Crippen LogP contribution in [0.15, 0.2) is 52.3 Å². The number of hydrogen-bond donors (Lipinski definition) is 0. The molecule has 2 aromatic carbocycles. The number of nitro benzene ring substituents is 1. The summed E-state index contributed by atoms with van der Waals surface area (Å²) in [7, 11) is 1.40. The Morgan fingerprint density at radius 1 is 1.15 bits per heavy atom. The normalized spacial score (nSPS) is 11.0. The highest BCUT2D eigenvalue weighted by atomic mass is 32.1. The van der Waals surface area contributed by atoms with Crippen LogP contribution in [-0.4, -0.2) is 17.0 Å². The number of rotatable bonds is 4. The van der Waals surface area contributed by atoms with E-state index in [-0.39, 0.29) is 11.4 Å². The van der Waals surface area contributed by atoms with Crippen LogP contribution in [0.3, 0.4) is 0 Å². The summed E-state index contributed by atoms with van der Waals surface area (Å²) in [5.41, 5.74) is 4.04. The minimum atomic E-state index is -0.483. The van der Waals surface area contributed by atoms with Crippen molar-refractivity contribution in [2.75, 3.05) is 7.11 Å². The van der Waals surface area contributed by atoms with E-state index in [9.17, 15) is 10.1 Å². The summed E-state index contributed by atoms with van der Waals surface area (Å²) in [5.74, 6) is 0.538. The summed E-state index contributed by atoms with van der Waals surface area (Å²) < 4.78 is 10.8. The number of benzene rings is 2. The van der Waals surface area contributed by atoms with Gasteiger partial charge < -0.3 is 9.15 Å². The maximum atomic E-state index is 11.2. The van der Waals surface area contributed by atoms with Gasteiger partial charge in [-0.2, -0.15) is 0 Å². The largest absolute Gasteiger partial charge is 0.490 e. The molecule has 6 nitrogen and oxygen atoms in total. The number of aromatic nitrogens is 1. The molecule has 26 heavy (non-hydrogen) atoms. The Labute approximate surface area is 152 Å². The van der Waals surface area contributed by atoms with E-state index >= 15 is 0 Å². The highest BCUT2D eigenvalue weighted by Gasteiger charge is 2.18. The summed E-state index contributed by atoms with van der Waals surface area (Å²) in [5, 5.41) is 13.3. The van der Waals surface area contributed by atoms with Crippen molar-refractivity contribution in [2.24, 2.45) is 0 Å². The lowest BCUT2D eigenvalue weighted by atomic mass is 10.1. The molecule has 4 aromatic rings. The van der Waals surface area contributed by atoms with Crippen molar-refractivity contribution < 1.29 is 14.1 Å². The molecule has 0 aliphatic carbocycles. The molecule has 4 rings (SSSR count). The van der Waals surface area contributed by atoms with Gasteiger partial charge in [-0.05, 0) is 59.8 Å². The van der Waals surface area contributed by atoms with Crippen LogP contribution in [0.2, 0.25) is 0 Å². The fourth-order valence-electron chi connectivity index (χ4n) is 2.83. The van der Waals surface area contributed by atoms with Gasteiger partial charge in [0.1, 0.15) is 5.52 Å². The van der Waals surface area contributed by atoms with Crippen molar-refractivity contribution in [3.05, 3.63) is 63.5 Å². The maximum Gasteiger partial charge on any atom is 0.311 e. The average molecular weight is 366 g/mol. The Morgan fingerprint density at radius 2 is 1.96 bits per heavy atom. The number of hydrogen-bond acceptors (Lipinski definition) is 6. The molecule has 0 amide bonds. The van der Waals surface area contributed by atoms with Crippen LogP contribution < -0.4 is 4.74 Å². The zero-order valence-corrected chi connectivity index (χ0v) is 14.9. The van der Waals surface area contributed by atoms with Gasteiger partial charge in [0.25, 0.3) is 0 Å². The number of aryl methyl sites for hydroxylation is 1. The van der Waals surface area contributed by atoms with Crippen molar-refractivity contribution in [2.45, 2.75) is 6.92 Å². The second kappa shape index (κ2) is 6.27. The molecule has 0 atom stereocenters. The molecule has 0 aliphatic heterocycles. The van der Waals surface area contributed by atoms with Gasteiger partial charge in [0.2, 0.25) is 5.89 Å². The number of oxazole rings is 1. The van der Waals surface area contributed by atoms with Gasteiger partial charge in [0.15, 0.2) is 11.3 Å². The van der Waals surface area contributed by atoms with E-state index in [1.54, 1.807) is 23.5 Å². The summed E-state index contributed by atoms with van der Waals surface area (Å²) >= 11 is 1.68. The van der Waals surface area contributed by atoms with Crippen LogP contribution in [0.25, 0.3) is 33.0 Å². The zero-order chi connectivity index (χ0) is 18.3. The average Bonchev–Trinajstić information content (AvgIpc) is 3.26. The molecule has 0 saturated heterocycles. The first-order chi connectivity index (χ1) is 12.6. The predicted molar refractivity (Wildman–Crippen MR) is 101 cm³/mol. The Morgan fingerprint density at radius 3 is 2.65 bits per heavy atom. The van der Waals surface area contributed by atoms with E-state index in [1.165, 1.54) is 23.6 Å². The van der Waals surface area contributed by atoms with Gasteiger partial charge in [-0.25, -0.2) is 4.98 Å². The van der Waals surface area contributed by atoms with E-state index in [1.807, 2.05) is 18.2 Å². The van der Waals surface area contributed by atoms with Crippen molar-refractivity contribution in [3.8, 4) is 27.6 Å². The number of ether oxygens (including phenoxy) is 1. The Kier molecular flexibility index (Phi) is 3.93. The molecular formula is C19H14N2O4S. The van der Waals surface area contributed by atoms with Gasteiger partial charge in [-0.15, -0.1) is 11.3 Å². The minimum Gasteiger partial charge on any atom is -0.490 e. The smallest absolute Gasteiger partial charge is 0.311 e. The molecule has 0 fully saturated rings. The van der Waals surface area contributed by atoms with Crippen LogP contribution in [-0.2, 0) is 0 Å². The third-order valence-electron chi connectivity index (χ3n) is 4.13. The Hall–Kier alpha value is -3.19.